The van der Waals surface area contributed by atoms with Crippen molar-refractivity contribution in [3.8, 4) is 0 Å². The van der Waals surface area contributed by atoms with E-state index in [4.69, 9.17) is 4.74 Å². The third-order valence-electron chi connectivity index (χ3n) is 3.46. The minimum Gasteiger partial charge on any atom is -0.378 e. The van der Waals surface area contributed by atoms with Gasteiger partial charge in [0, 0.05) is 19.7 Å². The van der Waals surface area contributed by atoms with E-state index in [9.17, 15) is 4.79 Å². The van der Waals surface area contributed by atoms with E-state index in [-0.39, 0.29) is 5.91 Å². The van der Waals surface area contributed by atoms with Crippen LogP contribution < -0.4 is 0 Å². The second kappa shape index (κ2) is 7.18. The SMILES string of the molecule is CCc1ncc(C(=O)N2CCC(OCC(C)C)CC2)s1. The molecule has 4 nitrogen and oxygen atoms in total. The molecule has 1 saturated heterocycles. The van der Waals surface area contributed by atoms with Crippen LogP contribution in [0.15, 0.2) is 6.20 Å². The normalized spacial score (nSPS) is 16.9. The number of rotatable bonds is 5. The Hall–Kier alpha value is -0.940. The van der Waals surface area contributed by atoms with Crippen molar-refractivity contribution in [1.82, 2.24) is 9.88 Å². The maximum Gasteiger partial charge on any atom is 0.265 e. The van der Waals surface area contributed by atoms with Gasteiger partial charge in [-0.1, -0.05) is 20.8 Å². The van der Waals surface area contributed by atoms with Crippen molar-refractivity contribution in [2.75, 3.05) is 19.7 Å². The molecule has 1 aromatic rings. The summed E-state index contributed by atoms with van der Waals surface area (Å²) in [6.45, 7) is 8.78. The van der Waals surface area contributed by atoms with Crippen LogP contribution in [-0.4, -0.2) is 41.6 Å². The lowest BCUT2D eigenvalue weighted by Gasteiger charge is -2.32. The number of carbonyl (C=O) groups is 1. The van der Waals surface area contributed by atoms with Crippen molar-refractivity contribution in [3.63, 3.8) is 0 Å². The van der Waals surface area contributed by atoms with Gasteiger partial charge in [-0.3, -0.25) is 4.79 Å². The topological polar surface area (TPSA) is 42.4 Å². The average molecular weight is 296 g/mol. The molecular formula is C15H24N2O2S. The molecule has 1 aliphatic heterocycles. The highest BCUT2D eigenvalue weighted by Gasteiger charge is 2.25. The fourth-order valence-corrected chi connectivity index (χ4v) is 3.11. The number of likely N-dealkylation sites (tertiary alicyclic amines) is 1. The van der Waals surface area contributed by atoms with Crippen LogP contribution in [0, 0.1) is 5.92 Å². The fraction of sp³-hybridized carbons (Fsp3) is 0.733. The molecule has 1 amide bonds. The first-order valence-corrected chi connectivity index (χ1v) is 8.27. The Kier molecular flexibility index (Phi) is 5.54. The molecule has 112 valence electrons. The van der Waals surface area contributed by atoms with Gasteiger partial charge in [-0.25, -0.2) is 4.98 Å². The van der Waals surface area contributed by atoms with Crippen LogP contribution in [0.3, 0.4) is 0 Å². The van der Waals surface area contributed by atoms with Crippen molar-refractivity contribution in [1.29, 1.82) is 0 Å². The summed E-state index contributed by atoms with van der Waals surface area (Å²) in [5.41, 5.74) is 0. The maximum absolute atomic E-state index is 12.4. The van der Waals surface area contributed by atoms with Crippen molar-refractivity contribution in [3.05, 3.63) is 16.1 Å². The molecular weight excluding hydrogens is 272 g/mol. The number of carbonyl (C=O) groups excluding carboxylic acids is 1. The van der Waals surface area contributed by atoms with Crippen molar-refractivity contribution >= 4 is 17.2 Å². The Morgan fingerprint density at radius 3 is 2.75 bits per heavy atom. The number of aryl methyl sites for hydroxylation is 1. The number of thiazole rings is 1. The van der Waals surface area contributed by atoms with Crippen molar-refractivity contribution < 1.29 is 9.53 Å². The number of amides is 1. The molecule has 0 spiro atoms. The van der Waals surface area contributed by atoms with E-state index in [1.807, 2.05) is 4.90 Å². The van der Waals surface area contributed by atoms with Crippen LogP contribution in [0.25, 0.3) is 0 Å². The van der Waals surface area contributed by atoms with Gasteiger partial charge in [0.25, 0.3) is 5.91 Å². The standard InChI is InChI=1S/C15H24N2O2S/c1-4-14-16-9-13(20-14)15(18)17-7-5-12(6-8-17)19-10-11(2)3/h9,11-12H,4-8,10H2,1-3H3. The maximum atomic E-state index is 12.4. The Bertz CT molecular complexity index is 437. The lowest BCUT2D eigenvalue weighted by Crippen LogP contribution is -2.40. The van der Waals surface area contributed by atoms with Crippen LogP contribution in [0.5, 0.6) is 0 Å². The zero-order valence-corrected chi connectivity index (χ0v) is 13.4. The number of hydrogen-bond donors (Lipinski definition) is 0. The highest BCUT2D eigenvalue weighted by Crippen LogP contribution is 2.20. The van der Waals surface area contributed by atoms with Crippen LogP contribution in [-0.2, 0) is 11.2 Å². The lowest BCUT2D eigenvalue weighted by molar-refractivity contribution is -0.00221. The number of piperidine rings is 1. The molecule has 1 aliphatic rings. The predicted molar refractivity (Wildman–Crippen MR) is 81.2 cm³/mol. The molecule has 2 rings (SSSR count). The van der Waals surface area contributed by atoms with Gasteiger partial charge < -0.3 is 9.64 Å². The van der Waals surface area contributed by atoms with Gasteiger partial charge in [0.1, 0.15) is 4.88 Å². The molecule has 0 unspecified atom stereocenters. The number of aromatic nitrogens is 1. The summed E-state index contributed by atoms with van der Waals surface area (Å²) in [6.07, 6.45) is 4.81. The molecule has 0 aliphatic carbocycles. The lowest BCUT2D eigenvalue weighted by atomic mass is 10.1. The Balaban J connectivity index is 1.82. The second-order valence-electron chi connectivity index (χ2n) is 5.69. The van der Waals surface area contributed by atoms with E-state index in [0.29, 0.717) is 12.0 Å². The summed E-state index contributed by atoms with van der Waals surface area (Å²) in [6, 6.07) is 0. The third-order valence-corrected chi connectivity index (χ3v) is 4.59. The predicted octanol–water partition coefficient (Wildman–Crippen LogP) is 2.98. The highest BCUT2D eigenvalue weighted by atomic mass is 32.1. The molecule has 20 heavy (non-hydrogen) atoms. The summed E-state index contributed by atoms with van der Waals surface area (Å²) in [7, 11) is 0. The highest BCUT2D eigenvalue weighted by molar-refractivity contribution is 7.13. The van der Waals surface area contributed by atoms with Gasteiger partial charge >= 0.3 is 0 Å². The van der Waals surface area contributed by atoms with E-state index in [1.165, 1.54) is 11.3 Å². The van der Waals surface area contributed by atoms with Crippen molar-refractivity contribution in [2.24, 2.45) is 5.92 Å². The first-order valence-electron chi connectivity index (χ1n) is 7.45. The summed E-state index contributed by atoms with van der Waals surface area (Å²) in [5, 5.41) is 1.03. The summed E-state index contributed by atoms with van der Waals surface area (Å²) < 4.78 is 5.85. The van der Waals surface area contributed by atoms with Gasteiger partial charge in [0.05, 0.1) is 17.3 Å². The molecule has 1 fully saturated rings. The summed E-state index contributed by atoms with van der Waals surface area (Å²) >= 11 is 1.52. The molecule has 5 heteroatoms. The smallest absolute Gasteiger partial charge is 0.265 e. The first kappa shape index (κ1) is 15.4. The Morgan fingerprint density at radius 2 is 2.20 bits per heavy atom. The van der Waals surface area contributed by atoms with Gasteiger partial charge in [-0.15, -0.1) is 11.3 Å². The fourth-order valence-electron chi connectivity index (χ4n) is 2.28. The first-order chi connectivity index (χ1) is 9.60. The minimum absolute atomic E-state index is 0.129. The van der Waals surface area contributed by atoms with Gasteiger partial charge in [-0.2, -0.15) is 0 Å². The van der Waals surface area contributed by atoms with E-state index < -0.39 is 0 Å². The molecule has 0 N–H and O–H groups in total. The van der Waals surface area contributed by atoms with Crippen LogP contribution >= 0.6 is 11.3 Å². The van der Waals surface area contributed by atoms with Gasteiger partial charge in [0.2, 0.25) is 0 Å². The molecule has 0 aromatic carbocycles. The quantitative estimate of drug-likeness (QED) is 0.839. The zero-order chi connectivity index (χ0) is 14.5. The Labute approximate surface area is 125 Å². The number of hydrogen-bond acceptors (Lipinski definition) is 4. The van der Waals surface area contributed by atoms with E-state index >= 15 is 0 Å². The monoisotopic (exact) mass is 296 g/mol. The molecule has 0 bridgehead atoms. The van der Waals surface area contributed by atoms with Gasteiger partial charge in [0.15, 0.2) is 0 Å². The zero-order valence-electron chi connectivity index (χ0n) is 12.6. The molecule has 0 atom stereocenters. The van der Waals surface area contributed by atoms with Crippen LogP contribution in [0.1, 0.15) is 48.3 Å². The number of ether oxygens (including phenoxy) is 1. The van der Waals surface area contributed by atoms with E-state index in [0.717, 1.165) is 48.8 Å². The molecule has 2 heterocycles. The van der Waals surface area contributed by atoms with Gasteiger partial charge in [-0.05, 0) is 25.2 Å². The largest absolute Gasteiger partial charge is 0.378 e. The molecule has 1 aromatic heterocycles. The van der Waals surface area contributed by atoms with Crippen molar-refractivity contribution in [2.45, 2.75) is 46.1 Å². The van der Waals surface area contributed by atoms with Crippen LogP contribution in [0.2, 0.25) is 0 Å². The van der Waals surface area contributed by atoms with E-state index in [2.05, 4.69) is 25.8 Å². The molecule has 0 saturated carbocycles. The van der Waals surface area contributed by atoms with Crippen LogP contribution in [0.4, 0.5) is 0 Å². The Morgan fingerprint density at radius 1 is 1.50 bits per heavy atom. The second-order valence-corrected chi connectivity index (χ2v) is 6.81. The summed E-state index contributed by atoms with van der Waals surface area (Å²) in [4.78, 5) is 19.3. The minimum atomic E-state index is 0.129. The summed E-state index contributed by atoms with van der Waals surface area (Å²) in [5.74, 6) is 0.698. The van der Waals surface area contributed by atoms with E-state index in [1.54, 1.807) is 6.20 Å². The number of nitrogens with zero attached hydrogens (tertiary/aromatic N) is 2. The average Bonchev–Trinajstić information content (AvgIpc) is 2.94. The molecule has 0 radical (unpaired) electrons. The third kappa shape index (κ3) is 4.03.